The van der Waals surface area contributed by atoms with Gasteiger partial charge in [0.1, 0.15) is 5.75 Å². The summed E-state index contributed by atoms with van der Waals surface area (Å²) in [6, 6.07) is 18.3. The van der Waals surface area contributed by atoms with Gasteiger partial charge in [-0.25, -0.2) is 4.98 Å². The van der Waals surface area contributed by atoms with Crippen LogP contribution in [0.3, 0.4) is 0 Å². The van der Waals surface area contributed by atoms with Crippen LogP contribution in [0.1, 0.15) is 22.4 Å². The molecule has 0 spiro atoms. The number of nitrogens with zero attached hydrogens (tertiary/aromatic N) is 2. The molecule has 1 heterocycles. The SMILES string of the molecule is Cc1ccc(Oc2cc(C)nc(SCc3cccc(C)c3)n2)cc1. The maximum Gasteiger partial charge on any atom is 0.223 e. The smallest absolute Gasteiger partial charge is 0.223 e. The first kappa shape index (κ1) is 16.5. The van der Waals surface area contributed by atoms with E-state index in [4.69, 9.17) is 4.74 Å². The molecule has 3 aromatic rings. The van der Waals surface area contributed by atoms with Crippen molar-refractivity contribution in [3.63, 3.8) is 0 Å². The van der Waals surface area contributed by atoms with Crippen molar-refractivity contribution in [1.82, 2.24) is 9.97 Å². The summed E-state index contributed by atoms with van der Waals surface area (Å²) in [5.74, 6) is 2.21. The molecule has 0 bridgehead atoms. The van der Waals surface area contributed by atoms with Crippen molar-refractivity contribution in [2.75, 3.05) is 0 Å². The maximum atomic E-state index is 5.86. The Morgan fingerprint density at radius 1 is 0.875 bits per heavy atom. The number of thioether (sulfide) groups is 1. The molecule has 0 atom stereocenters. The molecule has 3 rings (SSSR count). The predicted molar refractivity (Wildman–Crippen MR) is 98.8 cm³/mol. The fraction of sp³-hybridized carbons (Fsp3) is 0.200. The number of ether oxygens (including phenoxy) is 1. The highest BCUT2D eigenvalue weighted by Gasteiger charge is 2.06. The Hall–Kier alpha value is -2.33. The molecule has 0 saturated heterocycles. The second kappa shape index (κ2) is 7.49. The summed E-state index contributed by atoms with van der Waals surface area (Å²) in [6.45, 7) is 6.11. The molecular weight excluding hydrogens is 316 g/mol. The zero-order valence-corrected chi connectivity index (χ0v) is 14.9. The summed E-state index contributed by atoms with van der Waals surface area (Å²) < 4.78 is 5.86. The summed E-state index contributed by atoms with van der Waals surface area (Å²) in [6.07, 6.45) is 0. The van der Waals surface area contributed by atoms with Crippen molar-refractivity contribution in [3.8, 4) is 11.6 Å². The molecular formula is C20H20N2OS. The zero-order chi connectivity index (χ0) is 16.9. The van der Waals surface area contributed by atoms with E-state index in [1.165, 1.54) is 16.7 Å². The molecule has 0 saturated carbocycles. The van der Waals surface area contributed by atoms with Crippen LogP contribution < -0.4 is 4.74 Å². The number of rotatable bonds is 5. The quantitative estimate of drug-likeness (QED) is 0.456. The molecule has 0 fully saturated rings. The second-order valence-electron chi connectivity index (χ2n) is 5.82. The van der Waals surface area contributed by atoms with Crippen LogP contribution in [0.4, 0.5) is 0 Å². The van der Waals surface area contributed by atoms with Gasteiger partial charge in [0.25, 0.3) is 0 Å². The first-order valence-electron chi connectivity index (χ1n) is 7.87. The van der Waals surface area contributed by atoms with E-state index < -0.39 is 0 Å². The second-order valence-corrected chi connectivity index (χ2v) is 6.77. The van der Waals surface area contributed by atoms with Gasteiger partial charge in [0.05, 0.1) is 0 Å². The van der Waals surface area contributed by atoms with Crippen LogP contribution in [0, 0.1) is 20.8 Å². The summed E-state index contributed by atoms with van der Waals surface area (Å²) in [5, 5.41) is 0.735. The summed E-state index contributed by atoms with van der Waals surface area (Å²) in [5.41, 5.74) is 4.64. The Labute approximate surface area is 147 Å². The topological polar surface area (TPSA) is 35.0 Å². The van der Waals surface area contributed by atoms with Crippen molar-refractivity contribution in [2.45, 2.75) is 31.7 Å². The Morgan fingerprint density at radius 2 is 1.67 bits per heavy atom. The van der Waals surface area contributed by atoms with Crippen LogP contribution in [0.15, 0.2) is 59.8 Å². The van der Waals surface area contributed by atoms with Gasteiger partial charge < -0.3 is 4.74 Å². The van der Waals surface area contributed by atoms with Crippen molar-refractivity contribution in [1.29, 1.82) is 0 Å². The Bertz CT molecular complexity index is 831. The number of aryl methyl sites for hydroxylation is 3. The number of hydrogen-bond donors (Lipinski definition) is 0. The molecule has 0 aliphatic carbocycles. The van der Waals surface area contributed by atoms with E-state index in [9.17, 15) is 0 Å². The minimum atomic E-state index is 0.582. The Morgan fingerprint density at radius 3 is 2.42 bits per heavy atom. The first-order valence-corrected chi connectivity index (χ1v) is 8.85. The Balaban J connectivity index is 1.72. The normalized spacial score (nSPS) is 10.6. The van der Waals surface area contributed by atoms with Gasteiger partial charge in [-0.05, 0) is 38.5 Å². The highest BCUT2D eigenvalue weighted by atomic mass is 32.2. The molecule has 0 aliphatic rings. The minimum absolute atomic E-state index is 0.582. The van der Waals surface area contributed by atoms with E-state index in [0.29, 0.717) is 5.88 Å². The van der Waals surface area contributed by atoms with Crippen LogP contribution in [-0.4, -0.2) is 9.97 Å². The Kier molecular flexibility index (Phi) is 5.16. The van der Waals surface area contributed by atoms with Gasteiger partial charge in [0, 0.05) is 17.5 Å². The van der Waals surface area contributed by atoms with Crippen LogP contribution in [-0.2, 0) is 5.75 Å². The summed E-state index contributed by atoms with van der Waals surface area (Å²) in [4.78, 5) is 9.02. The van der Waals surface area contributed by atoms with Crippen LogP contribution in [0.25, 0.3) is 0 Å². The lowest BCUT2D eigenvalue weighted by Crippen LogP contribution is -1.95. The lowest BCUT2D eigenvalue weighted by atomic mass is 10.2. The van der Waals surface area contributed by atoms with Crippen LogP contribution in [0.5, 0.6) is 11.6 Å². The van der Waals surface area contributed by atoms with Gasteiger partial charge in [-0.3, -0.25) is 0 Å². The highest BCUT2D eigenvalue weighted by molar-refractivity contribution is 7.98. The highest BCUT2D eigenvalue weighted by Crippen LogP contribution is 2.25. The zero-order valence-electron chi connectivity index (χ0n) is 14.1. The van der Waals surface area contributed by atoms with Gasteiger partial charge in [-0.15, -0.1) is 0 Å². The van der Waals surface area contributed by atoms with Gasteiger partial charge >= 0.3 is 0 Å². The molecule has 1 aromatic heterocycles. The average molecular weight is 336 g/mol. The minimum Gasteiger partial charge on any atom is -0.439 e. The monoisotopic (exact) mass is 336 g/mol. The van der Waals surface area contributed by atoms with Gasteiger partial charge in [-0.2, -0.15) is 4.98 Å². The fourth-order valence-electron chi connectivity index (χ4n) is 2.31. The maximum absolute atomic E-state index is 5.86. The van der Waals surface area contributed by atoms with E-state index >= 15 is 0 Å². The standard InChI is InChI=1S/C20H20N2OS/c1-14-7-9-18(10-8-14)23-19-12-16(3)21-20(22-19)24-13-17-6-4-5-15(2)11-17/h4-12H,13H2,1-3H3. The van der Waals surface area contributed by atoms with Gasteiger partial charge in [0.2, 0.25) is 5.88 Å². The van der Waals surface area contributed by atoms with E-state index in [1.54, 1.807) is 11.8 Å². The van der Waals surface area contributed by atoms with E-state index in [0.717, 1.165) is 22.4 Å². The van der Waals surface area contributed by atoms with E-state index in [-0.39, 0.29) is 0 Å². The molecule has 0 radical (unpaired) electrons. The molecule has 0 unspecified atom stereocenters. The average Bonchev–Trinajstić information content (AvgIpc) is 2.55. The molecule has 2 aromatic carbocycles. The third-order valence-electron chi connectivity index (χ3n) is 3.50. The molecule has 0 aliphatic heterocycles. The number of benzene rings is 2. The van der Waals surface area contributed by atoms with E-state index in [1.807, 2.05) is 37.3 Å². The third kappa shape index (κ3) is 4.59. The van der Waals surface area contributed by atoms with Gasteiger partial charge in [0.15, 0.2) is 5.16 Å². The van der Waals surface area contributed by atoms with Crippen molar-refractivity contribution in [3.05, 3.63) is 77.0 Å². The number of hydrogen-bond acceptors (Lipinski definition) is 4. The summed E-state index contributed by atoms with van der Waals surface area (Å²) in [7, 11) is 0. The van der Waals surface area contributed by atoms with Crippen molar-refractivity contribution < 1.29 is 4.74 Å². The van der Waals surface area contributed by atoms with E-state index in [2.05, 4.69) is 48.1 Å². The van der Waals surface area contributed by atoms with Gasteiger partial charge in [-0.1, -0.05) is 59.3 Å². The van der Waals surface area contributed by atoms with Crippen molar-refractivity contribution in [2.24, 2.45) is 0 Å². The third-order valence-corrected chi connectivity index (χ3v) is 4.42. The molecule has 122 valence electrons. The number of aromatic nitrogens is 2. The predicted octanol–water partition coefficient (Wildman–Crippen LogP) is 5.49. The lowest BCUT2D eigenvalue weighted by molar-refractivity contribution is 0.454. The fourth-order valence-corrected chi connectivity index (χ4v) is 3.15. The van der Waals surface area contributed by atoms with Crippen molar-refractivity contribution >= 4 is 11.8 Å². The lowest BCUT2D eigenvalue weighted by Gasteiger charge is -2.08. The molecule has 24 heavy (non-hydrogen) atoms. The molecule has 3 nitrogen and oxygen atoms in total. The summed E-state index contributed by atoms with van der Waals surface area (Å²) >= 11 is 1.62. The molecule has 4 heteroatoms. The molecule has 0 N–H and O–H groups in total. The largest absolute Gasteiger partial charge is 0.439 e. The van der Waals surface area contributed by atoms with Crippen LogP contribution >= 0.6 is 11.8 Å². The van der Waals surface area contributed by atoms with Crippen LogP contribution in [0.2, 0.25) is 0 Å². The molecule has 0 amide bonds. The first-order chi connectivity index (χ1) is 11.6.